The van der Waals surface area contributed by atoms with Crippen LogP contribution < -0.4 is 5.73 Å². The van der Waals surface area contributed by atoms with Gasteiger partial charge in [0.25, 0.3) is 0 Å². The molecule has 2 rings (SSSR count). The second-order valence-corrected chi connectivity index (χ2v) is 5.48. The molecule has 19 heavy (non-hydrogen) atoms. The van der Waals surface area contributed by atoms with Gasteiger partial charge < -0.3 is 10.3 Å². The summed E-state index contributed by atoms with van der Waals surface area (Å²) in [6.45, 7) is 8.47. The molecule has 0 aliphatic rings. The highest BCUT2D eigenvalue weighted by Gasteiger charge is 2.10. The zero-order valence-electron chi connectivity index (χ0n) is 12.5. The zero-order valence-corrected chi connectivity index (χ0v) is 12.5. The van der Waals surface area contributed by atoms with E-state index < -0.39 is 0 Å². The summed E-state index contributed by atoms with van der Waals surface area (Å²) in [6.07, 6.45) is 5.24. The van der Waals surface area contributed by atoms with E-state index in [1.807, 2.05) is 0 Å². The molecule has 0 saturated carbocycles. The molecule has 1 heterocycles. The fraction of sp³-hybridized carbons (Fsp3) is 0.529. The smallest absolute Gasteiger partial charge is 0.0485 e. The summed E-state index contributed by atoms with van der Waals surface area (Å²) in [5, 5.41) is 1.37. The summed E-state index contributed by atoms with van der Waals surface area (Å²) in [4.78, 5) is 0. The maximum Gasteiger partial charge on any atom is 0.0485 e. The van der Waals surface area contributed by atoms with E-state index in [0.29, 0.717) is 6.54 Å². The largest absolute Gasteiger partial charge is 0.345 e. The fourth-order valence-corrected chi connectivity index (χ4v) is 2.81. The molecule has 2 aromatic rings. The molecule has 0 aliphatic heterocycles. The number of benzene rings is 1. The minimum Gasteiger partial charge on any atom is -0.345 e. The Balaban J connectivity index is 2.30. The molecule has 0 aliphatic carbocycles. The third kappa shape index (κ3) is 2.84. The van der Waals surface area contributed by atoms with Crippen molar-refractivity contribution in [1.82, 2.24) is 4.57 Å². The molecule has 0 atom stereocenters. The maximum atomic E-state index is 5.74. The van der Waals surface area contributed by atoms with Gasteiger partial charge in [-0.3, -0.25) is 0 Å². The normalized spacial score (nSPS) is 11.4. The Morgan fingerprint density at radius 3 is 2.58 bits per heavy atom. The van der Waals surface area contributed by atoms with Crippen LogP contribution in [0.1, 0.15) is 49.4 Å². The highest BCUT2D eigenvalue weighted by atomic mass is 15.0. The molecule has 0 unspecified atom stereocenters. The first kappa shape index (κ1) is 14.1. The lowest BCUT2D eigenvalue weighted by Gasteiger charge is -2.08. The van der Waals surface area contributed by atoms with Crippen LogP contribution in [-0.2, 0) is 13.1 Å². The summed E-state index contributed by atoms with van der Waals surface area (Å²) in [5.74, 6) is 0. The second kappa shape index (κ2) is 6.25. The van der Waals surface area contributed by atoms with Crippen molar-refractivity contribution in [1.29, 1.82) is 0 Å². The van der Waals surface area contributed by atoms with Crippen LogP contribution in [0, 0.1) is 13.8 Å². The van der Waals surface area contributed by atoms with Crippen LogP contribution in [-0.4, -0.2) is 4.57 Å². The number of nitrogens with two attached hydrogens (primary N) is 1. The third-order valence-electron chi connectivity index (χ3n) is 4.17. The molecular weight excluding hydrogens is 232 g/mol. The number of fused-ring (bicyclic) bond motifs is 1. The Kier molecular flexibility index (Phi) is 4.65. The minimum atomic E-state index is 0.621. The van der Waals surface area contributed by atoms with Gasteiger partial charge >= 0.3 is 0 Å². The van der Waals surface area contributed by atoms with Crippen LogP contribution in [0.5, 0.6) is 0 Å². The number of unbranched alkanes of at least 4 members (excludes halogenated alkanes) is 3. The molecule has 2 N–H and O–H groups in total. The van der Waals surface area contributed by atoms with Gasteiger partial charge in [-0.25, -0.2) is 0 Å². The number of hydrogen-bond acceptors (Lipinski definition) is 1. The summed E-state index contributed by atoms with van der Waals surface area (Å²) >= 11 is 0. The molecule has 0 saturated heterocycles. The maximum absolute atomic E-state index is 5.74. The van der Waals surface area contributed by atoms with Gasteiger partial charge in [0.05, 0.1) is 0 Å². The van der Waals surface area contributed by atoms with Gasteiger partial charge in [-0.05, 0) is 43.5 Å². The van der Waals surface area contributed by atoms with Gasteiger partial charge in [0, 0.05) is 29.7 Å². The van der Waals surface area contributed by atoms with Gasteiger partial charge in [0.1, 0.15) is 0 Å². The van der Waals surface area contributed by atoms with Crippen molar-refractivity contribution >= 4 is 10.9 Å². The number of aryl methyl sites for hydroxylation is 2. The molecule has 0 amide bonds. The monoisotopic (exact) mass is 258 g/mol. The third-order valence-corrected chi connectivity index (χ3v) is 4.17. The Hall–Kier alpha value is -1.28. The predicted octanol–water partition coefficient (Wildman–Crippen LogP) is 4.30. The lowest BCUT2D eigenvalue weighted by Crippen LogP contribution is -2.01. The van der Waals surface area contributed by atoms with Crippen LogP contribution in [0.25, 0.3) is 10.9 Å². The van der Waals surface area contributed by atoms with Crippen LogP contribution >= 0.6 is 0 Å². The molecule has 0 spiro atoms. The lowest BCUT2D eigenvalue weighted by atomic mass is 10.1. The first-order chi connectivity index (χ1) is 9.19. The summed E-state index contributed by atoms with van der Waals surface area (Å²) in [6, 6.07) is 6.64. The fourth-order valence-electron chi connectivity index (χ4n) is 2.81. The Labute approximate surface area is 116 Å². The summed E-state index contributed by atoms with van der Waals surface area (Å²) < 4.78 is 2.47. The number of hydrogen-bond donors (Lipinski definition) is 1. The summed E-state index contributed by atoms with van der Waals surface area (Å²) in [7, 11) is 0. The first-order valence-corrected chi connectivity index (χ1v) is 7.47. The average Bonchev–Trinajstić information content (AvgIpc) is 2.67. The van der Waals surface area contributed by atoms with Crippen molar-refractivity contribution < 1.29 is 0 Å². The van der Waals surface area contributed by atoms with Crippen LogP contribution in [0.4, 0.5) is 0 Å². The Morgan fingerprint density at radius 1 is 1.11 bits per heavy atom. The van der Waals surface area contributed by atoms with Crippen molar-refractivity contribution in [3.05, 3.63) is 35.0 Å². The van der Waals surface area contributed by atoms with Crippen LogP contribution in [0.2, 0.25) is 0 Å². The van der Waals surface area contributed by atoms with Gasteiger partial charge in [-0.1, -0.05) is 32.3 Å². The minimum absolute atomic E-state index is 0.621. The van der Waals surface area contributed by atoms with Crippen LogP contribution in [0.15, 0.2) is 18.2 Å². The lowest BCUT2D eigenvalue weighted by molar-refractivity contribution is 0.586. The van der Waals surface area contributed by atoms with E-state index in [-0.39, 0.29) is 0 Å². The highest BCUT2D eigenvalue weighted by Crippen LogP contribution is 2.26. The van der Waals surface area contributed by atoms with Crippen molar-refractivity contribution in [3.63, 3.8) is 0 Å². The zero-order chi connectivity index (χ0) is 13.8. The highest BCUT2D eigenvalue weighted by molar-refractivity contribution is 5.86. The molecule has 104 valence electrons. The second-order valence-electron chi connectivity index (χ2n) is 5.48. The quantitative estimate of drug-likeness (QED) is 0.770. The molecule has 0 bridgehead atoms. The van der Waals surface area contributed by atoms with Crippen molar-refractivity contribution in [2.75, 3.05) is 0 Å². The van der Waals surface area contributed by atoms with Crippen molar-refractivity contribution in [3.8, 4) is 0 Å². The molecule has 2 nitrogen and oxygen atoms in total. The van der Waals surface area contributed by atoms with Crippen molar-refractivity contribution in [2.45, 2.75) is 59.5 Å². The topological polar surface area (TPSA) is 30.9 Å². The van der Waals surface area contributed by atoms with Gasteiger partial charge in [-0.2, -0.15) is 0 Å². The van der Waals surface area contributed by atoms with E-state index in [1.54, 1.807) is 0 Å². The van der Waals surface area contributed by atoms with Crippen molar-refractivity contribution in [2.24, 2.45) is 5.73 Å². The number of nitrogens with zero attached hydrogens (tertiary/aromatic N) is 1. The summed E-state index contributed by atoms with van der Waals surface area (Å²) in [5.41, 5.74) is 11.1. The predicted molar refractivity (Wildman–Crippen MR) is 83.4 cm³/mol. The molecule has 1 aromatic carbocycles. The van der Waals surface area contributed by atoms with Crippen LogP contribution in [0.3, 0.4) is 0 Å². The Bertz CT molecular complexity index is 552. The van der Waals surface area contributed by atoms with Gasteiger partial charge in [-0.15, -0.1) is 0 Å². The molecule has 0 radical (unpaired) electrons. The number of aromatic nitrogens is 1. The average molecular weight is 258 g/mol. The molecular formula is C17H26N2. The molecule has 0 fully saturated rings. The first-order valence-electron chi connectivity index (χ1n) is 7.47. The number of rotatable bonds is 6. The SMILES string of the molecule is CCCCCCn1c(C)c(C)c2cc(CN)ccc21. The standard InChI is InChI=1S/C17H26N2/c1-4-5-6-7-10-19-14(3)13(2)16-11-15(12-18)8-9-17(16)19/h8-9,11H,4-7,10,12,18H2,1-3H3. The molecule has 2 heteroatoms. The van der Waals surface area contributed by atoms with Gasteiger partial charge in [0.15, 0.2) is 0 Å². The van der Waals surface area contributed by atoms with E-state index in [0.717, 1.165) is 6.54 Å². The van der Waals surface area contributed by atoms with E-state index in [9.17, 15) is 0 Å². The van der Waals surface area contributed by atoms with E-state index in [4.69, 9.17) is 5.73 Å². The van der Waals surface area contributed by atoms with E-state index in [2.05, 4.69) is 43.5 Å². The molecule has 1 aromatic heterocycles. The van der Waals surface area contributed by atoms with Gasteiger partial charge in [0.2, 0.25) is 0 Å². The van der Waals surface area contributed by atoms with E-state index in [1.165, 1.54) is 53.4 Å². The van der Waals surface area contributed by atoms with E-state index >= 15 is 0 Å². The Morgan fingerprint density at radius 2 is 1.89 bits per heavy atom.